The van der Waals surface area contributed by atoms with E-state index in [0.29, 0.717) is 17.2 Å². The maximum atomic E-state index is 12.5. The van der Waals surface area contributed by atoms with Crippen LogP contribution in [0.5, 0.6) is 0 Å². The summed E-state index contributed by atoms with van der Waals surface area (Å²) in [7, 11) is -7.09. The van der Waals surface area contributed by atoms with Crippen molar-refractivity contribution in [1.29, 1.82) is 0 Å². The van der Waals surface area contributed by atoms with E-state index < -0.39 is 20.0 Å². The Labute approximate surface area is 154 Å². The SMILES string of the molecule is O=S(=O)(NC1CCN(S(=O)(=O)c2ccc(Cl)s2)CC1)c1cccs1. The zero-order chi connectivity index (χ0) is 17.4. The topological polar surface area (TPSA) is 83.6 Å². The summed E-state index contributed by atoms with van der Waals surface area (Å²) in [5.41, 5.74) is 0. The summed E-state index contributed by atoms with van der Waals surface area (Å²) < 4.78 is 54.4. The molecule has 0 saturated carbocycles. The standard InChI is InChI=1S/C13H15ClN2O4S4/c14-11-3-4-13(22-11)24(19,20)16-7-5-10(6-8-16)15-23(17,18)12-2-1-9-21-12/h1-4,9-10,15H,5-8H2. The van der Waals surface area contributed by atoms with Gasteiger partial charge in [0.25, 0.3) is 10.0 Å². The van der Waals surface area contributed by atoms with Gasteiger partial charge in [-0.15, -0.1) is 22.7 Å². The highest BCUT2D eigenvalue weighted by Gasteiger charge is 2.32. The Morgan fingerprint density at radius 3 is 2.33 bits per heavy atom. The molecule has 0 amide bonds. The molecule has 6 nitrogen and oxygen atoms in total. The average Bonchev–Trinajstić information content (AvgIpc) is 3.19. The Bertz CT molecular complexity index is 898. The Balaban J connectivity index is 1.64. The quantitative estimate of drug-likeness (QED) is 0.796. The predicted octanol–water partition coefficient (Wildman–Crippen LogP) is 2.59. The van der Waals surface area contributed by atoms with E-state index in [-0.39, 0.29) is 27.5 Å². The minimum Gasteiger partial charge on any atom is -0.207 e. The van der Waals surface area contributed by atoms with Crippen LogP contribution in [0.1, 0.15) is 12.8 Å². The fourth-order valence-electron chi connectivity index (χ4n) is 2.47. The molecule has 3 heterocycles. The van der Waals surface area contributed by atoms with Crippen molar-refractivity contribution in [2.75, 3.05) is 13.1 Å². The molecule has 1 N–H and O–H groups in total. The Morgan fingerprint density at radius 1 is 1.08 bits per heavy atom. The summed E-state index contributed by atoms with van der Waals surface area (Å²) in [4.78, 5) is 0. The van der Waals surface area contributed by atoms with E-state index in [9.17, 15) is 16.8 Å². The highest BCUT2D eigenvalue weighted by molar-refractivity contribution is 7.91. The van der Waals surface area contributed by atoms with Crippen molar-refractivity contribution >= 4 is 54.3 Å². The van der Waals surface area contributed by atoms with Crippen LogP contribution in [-0.2, 0) is 20.0 Å². The maximum Gasteiger partial charge on any atom is 0.252 e. The first kappa shape index (κ1) is 18.3. The second kappa shape index (κ2) is 7.02. The first-order valence-electron chi connectivity index (χ1n) is 7.10. The second-order valence-electron chi connectivity index (χ2n) is 5.29. The van der Waals surface area contributed by atoms with Gasteiger partial charge in [0.05, 0.1) is 4.34 Å². The summed E-state index contributed by atoms with van der Waals surface area (Å²) in [6, 6.07) is 6.01. The van der Waals surface area contributed by atoms with Crippen LogP contribution in [0.3, 0.4) is 0 Å². The van der Waals surface area contributed by atoms with Crippen molar-refractivity contribution < 1.29 is 16.8 Å². The fourth-order valence-corrected chi connectivity index (χ4v) is 7.89. The molecule has 0 aliphatic carbocycles. The highest BCUT2D eigenvalue weighted by Crippen LogP contribution is 2.29. The lowest BCUT2D eigenvalue weighted by molar-refractivity contribution is 0.309. The summed E-state index contributed by atoms with van der Waals surface area (Å²) in [6.45, 7) is 0.547. The van der Waals surface area contributed by atoms with Gasteiger partial charge in [-0.3, -0.25) is 0 Å². The molecule has 1 fully saturated rings. The maximum absolute atomic E-state index is 12.5. The molecule has 1 aliphatic rings. The Kier molecular flexibility index (Phi) is 5.36. The van der Waals surface area contributed by atoms with Gasteiger partial charge in [0.15, 0.2) is 0 Å². The third kappa shape index (κ3) is 3.85. The first-order chi connectivity index (χ1) is 11.3. The normalized spacial score (nSPS) is 18.0. The summed E-state index contributed by atoms with van der Waals surface area (Å²) in [6.07, 6.45) is 0.867. The van der Waals surface area contributed by atoms with E-state index in [4.69, 9.17) is 11.6 Å². The van der Waals surface area contributed by atoms with Crippen molar-refractivity contribution in [3.63, 3.8) is 0 Å². The van der Waals surface area contributed by atoms with Gasteiger partial charge in [0, 0.05) is 19.1 Å². The third-order valence-corrected chi connectivity index (χ3v) is 10.2. The van der Waals surface area contributed by atoms with Gasteiger partial charge in [0.1, 0.15) is 8.42 Å². The lowest BCUT2D eigenvalue weighted by Crippen LogP contribution is -2.46. The minimum atomic E-state index is -3.56. The van der Waals surface area contributed by atoms with Gasteiger partial charge in [0.2, 0.25) is 10.0 Å². The number of sulfonamides is 2. The molecule has 0 bridgehead atoms. The highest BCUT2D eigenvalue weighted by atomic mass is 35.5. The molecule has 24 heavy (non-hydrogen) atoms. The molecule has 0 unspecified atom stereocenters. The van der Waals surface area contributed by atoms with Gasteiger partial charge in [-0.25, -0.2) is 21.6 Å². The van der Waals surface area contributed by atoms with Crippen molar-refractivity contribution in [3.8, 4) is 0 Å². The number of rotatable bonds is 5. The van der Waals surface area contributed by atoms with Crippen LogP contribution in [0, 0.1) is 0 Å². The van der Waals surface area contributed by atoms with Gasteiger partial charge >= 0.3 is 0 Å². The van der Waals surface area contributed by atoms with Crippen molar-refractivity contribution in [2.24, 2.45) is 0 Å². The number of nitrogens with zero attached hydrogens (tertiary/aromatic N) is 1. The van der Waals surface area contributed by atoms with Crippen LogP contribution in [-0.4, -0.2) is 40.3 Å². The predicted molar refractivity (Wildman–Crippen MR) is 95.8 cm³/mol. The third-order valence-electron chi connectivity index (χ3n) is 3.68. The van der Waals surface area contributed by atoms with Crippen LogP contribution >= 0.6 is 34.3 Å². The summed E-state index contributed by atoms with van der Waals surface area (Å²) >= 11 is 7.99. The van der Waals surface area contributed by atoms with Crippen molar-refractivity contribution in [2.45, 2.75) is 27.3 Å². The molecular formula is C13H15ClN2O4S4. The molecule has 1 aliphatic heterocycles. The van der Waals surface area contributed by atoms with E-state index in [1.165, 1.54) is 10.4 Å². The van der Waals surface area contributed by atoms with Crippen molar-refractivity contribution in [3.05, 3.63) is 34.0 Å². The van der Waals surface area contributed by atoms with Crippen LogP contribution in [0.4, 0.5) is 0 Å². The van der Waals surface area contributed by atoms with Crippen LogP contribution in [0.15, 0.2) is 38.1 Å². The van der Waals surface area contributed by atoms with E-state index >= 15 is 0 Å². The number of thiophene rings is 2. The fraction of sp³-hybridized carbons (Fsp3) is 0.385. The number of halogens is 1. The van der Waals surface area contributed by atoms with E-state index in [1.54, 1.807) is 23.6 Å². The molecular weight excluding hydrogens is 412 g/mol. The van der Waals surface area contributed by atoms with Gasteiger partial charge in [-0.1, -0.05) is 17.7 Å². The van der Waals surface area contributed by atoms with Crippen LogP contribution in [0.25, 0.3) is 0 Å². The van der Waals surface area contributed by atoms with Crippen LogP contribution < -0.4 is 4.72 Å². The van der Waals surface area contributed by atoms with E-state index in [0.717, 1.165) is 22.7 Å². The van der Waals surface area contributed by atoms with Crippen molar-refractivity contribution in [1.82, 2.24) is 9.03 Å². The monoisotopic (exact) mass is 426 g/mol. The number of piperidine rings is 1. The number of hydrogen-bond donors (Lipinski definition) is 1. The first-order valence-corrected chi connectivity index (χ1v) is 12.1. The molecule has 0 aromatic carbocycles. The summed E-state index contributed by atoms with van der Waals surface area (Å²) in [5.74, 6) is 0. The Morgan fingerprint density at radius 2 is 1.79 bits per heavy atom. The lowest BCUT2D eigenvalue weighted by Gasteiger charge is -2.30. The van der Waals surface area contributed by atoms with Crippen LogP contribution in [0.2, 0.25) is 4.34 Å². The smallest absolute Gasteiger partial charge is 0.207 e. The number of nitrogens with one attached hydrogen (secondary N) is 1. The molecule has 0 radical (unpaired) electrons. The van der Waals surface area contributed by atoms with E-state index in [1.807, 2.05) is 0 Å². The van der Waals surface area contributed by atoms with Gasteiger partial charge in [-0.2, -0.15) is 4.31 Å². The molecule has 1 saturated heterocycles. The lowest BCUT2D eigenvalue weighted by atomic mass is 10.1. The zero-order valence-corrected chi connectivity index (χ0v) is 16.4. The molecule has 2 aromatic heterocycles. The molecule has 11 heteroatoms. The Hall–Kier alpha value is -0.490. The zero-order valence-electron chi connectivity index (χ0n) is 12.4. The second-order valence-corrected chi connectivity index (χ2v) is 12.1. The summed E-state index contributed by atoms with van der Waals surface area (Å²) in [5, 5.41) is 1.70. The molecule has 2 aromatic rings. The molecule has 3 rings (SSSR count). The van der Waals surface area contributed by atoms with Gasteiger partial charge < -0.3 is 0 Å². The van der Waals surface area contributed by atoms with Gasteiger partial charge in [-0.05, 0) is 36.4 Å². The number of hydrogen-bond acceptors (Lipinski definition) is 6. The largest absolute Gasteiger partial charge is 0.252 e. The molecule has 132 valence electrons. The minimum absolute atomic E-state index is 0.213. The molecule has 0 atom stereocenters. The average molecular weight is 427 g/mol. The van der Waals surface area contributed by atoms with E-state index in [2.05, 4.69) is 4.72 Å². The molecule has 0 spiro atoms.